The van der Waals surface area contributed by atoms with Gasteiger partial charge in [0, 0.05) is 25.4 Å². The van der Waals surface area contributed by atoms with Gasteiger partial charge < -0.3 is 9.30 Å². The van der Waals surface area contributed by atoms with Crippen LogP contribution in [0.4, 0.5) is 0 Å². The van der Waals surface area contributed by atoms with E-state index in [1.165, 1.54) is 0 Å². The molecule has 0 aliphatic heterocycles. The van der Waals surface area contributed by atoms with Gasteiger partial charge in [-0.1, -0.05) is 12.1 Å². The van der Waals surface area contributed by atoms with Crippen molar-refractivity contribution >= 4 is 16.8 Å². The van der Waals surface area contributed by atoms with Gasteiger partial charge in [0.2, 0.25) is 5.78 Å². The molecule has 1 aromatic carbocycles. The van der Waals surface area contributed by atoms with Crippen molar-refractivity contribution in [3.8, 4) is 0 Å². The fourth-order valence-corrected chi connectivity index (χ4v) is 2.35. The number of hydrogen-bond acceptors (Lipinski definition) is 3. The Kier molecular flexibility index (Phi) is 2.83. The molecule has 5 heteroatoms. The molecule has 0 N–H and O–H groups in total. The zero-order valence-electron chi connectivity index (χ0n) is 11.0. The first-order valence-corrected chi connectivity index (χ1v) is 6.19. The van der Waals surface area contributed by atoms with Gasteiger partial charge in [-0.2, -0.15) is 0 Å². The summed E-state index contributed by atoms with van der Waals surface area (Å²) in [6, 6.07) is 9.29. The molecular weight excluding hydrogens is 242 g/mol. The third kappa shape index (κ3) is 1.82. The molecule has 2 heterocycles. The largest absolute Gasteiger partial charge is 0.383 e. The van der Waals surface area contributed by atoms with Gasteiger partial charge in [-0.3, -0.25) is 4.79 Å². The van der Waals surface area contributed by atoms with E-state index in [0.717, 1.165) is 16.7 Å². The second kappa shape index (κ2) is 4.51. The van der Waals surface area contributed by atoms with Gasteiger partial charge in [-0.15, -0.1) is 0 Å². The molecular formula is C14H15N3O2. The van der Waals surface area contributed by atoms with Crippen molar-refractivity contribution in [2.24, 2.45) is 0 Å². The van der Waals surface area contributed by atoms with E-state index in [1.807, 2.05) is 35.8 Å². The summed E-state index contributed by atoms with van der Waals surface area (Å²) in [6.07, 6.45) is 0. The third-order valence-corrected chi connectivity index (χ3v) is 3.28. The van der Waals surface area contributed by atoms with Gasteiger partial charge in [0.05, 0.1) is 17.6 Å². The lowest BCUT2D eigenvalue weighted by Crippen LogP contribution is -2.20. The summed E-state index contributed by atoms with van der Waals surface area (Å²) in [4.78, 5) is 16.7. The highest BCUT2D eigenvalue weighted by atomic mass is 16.5. The number of fused-ring (bicyclic) bond motifs is 3. The molecule has 3 aromatic rings. The lowest BCUT2D eigenvalue weighted by atomic mass is 10.3. The summed E-state index contributed by atoms with van der Waals surface area (Å²) in [5.41, 5.74) is 2.52. The van der Waals surface area contributed by atoms with Gasteiger partial charge in [-0.25, -0.2) is 9.38 Å². The maximum atomic E-state index is 12.2. The topological polar surface area (TPSA) is 48.5 Å². The number of imidazole rings is 1. The quantitative estimate of drug-likeness (QED) is 0.716. The smallest absolute Gasteiger partial charge is 0.259 e. The summed E-state index contributed by atoms with van der Waals surface area (Å²) in [5, 5.41) is 0. The van der Waals surface area contributed by atoms with Crippen molar-refractivity contribution in [3.63, 3.8) is 0 Å². The number of rotatable bonds is 3. The minimum absolute atomic E-state index is 0.0464. The molecule has 19 heavy (non-hydrogen) atoms. The molecule has 0 aliphatic carbocycles. The molecule has 0 aliphatic rings. The molecule has 0 radical (unpaired) electrons. The van der Waals surface area contributed by atoms with Gasteiger partial charge >= 0.3 is 0 Å². The number of benzene rings is 1. The molecule has 3 rings (SSSR count). The molecule has 0 atom stereocenters. The third-order valence-electron chi connectivity index (χ3n) is 3.28. The van der Waals surface area contributed by atoms with E-state index in [2.05, 4.69) is 4.98 Å². The van der Waals surface area contributed by atoms with Crippen LogP contribution < -0.4 is 5.56 Å². The van der Waals surface area contributed by atoms with Crippen molar-refractivity contribution in [1.82, 2.24) is 14.0 Å². The maximum absolute atomic E-state index is 12.2. The minimum atomic E-state index is -0.0464. The summed E-state index contributed by atoms with van der Waals surface area (Å²) in [6.45, 7) is 3.18. The second-order valence-corrected chi connectivity index (χ2v) is 4.50. The van der Waals surface area contributed by atoms with E-state index in [1.54, 1.807) is 17.6 Å². The van der Waals surface area contributed by atoms with Crippen LogP contribution in [0.15, 0.2) is 35.1 Å². The van der Waals surface area contributed by atoms with Crippen LogP contribution in [0, 0.1) is 6.92 Å². The first-order valence-electron chi connectivity index (χ1n) is 6.19. The van der Waals surface area contributed by atoms with E-state index in [4.69, 9.17) is 4.74 Å². The molecule has 5 nitrogen and oxygen atoms in total. The molecule has 0 amide bonds. The summed E-state index contributed by atoms with van der Waals surface area (Å²) in [5.74, 6) is 0.670. The van der Waals surface area contributed by atoms with Crippen LogP contribution in [0.3, 0.4) is 0 Å². The molecule has 0 unspecified atom stereocenters. The summed E-state index contributed by atoms with van der Waals surface area (Å²) in [7, 11) is 1.66. The molecule has 0 saturated heterocycles. The van der Waals surface area contributed by atoms with Crippen molar-refractivity contribution in [1.29, 1.82) is 0 Å². The Bertz CT molecular complexity index is 801. The first-order chi connectivity index (χ1) is 9.22. The zero-order valence-corrected chi connectivity index (χ0v) is 11.0. The highest BCUT2D eigenvalue weighted by Gasteiger charge is 2.11. The number of methoxy groups -OCH3 is 1. The van der Waals surface area contributed by atoms with Crippen molar-refractivity contribution in [2.45, 2.75) is 13.5 Å². The number of aryl methyl sites for hydroxylation is 1. The average molecular weight is 257 g/mol. The van der Waals surface area contributed by atoms with Crippen molar-refractivity contribution in [2.75, 3.05) is 13.7 Å². The lowest BCUT2D eigenvalue weighted by Gasteiger charge is -2.11. The normalized spacial score (nSPS) is 11.5. The Labute approximate surface area is 110 Å². The fourth-order valence-electron chi connectivity index (χ4n) is 2.35. The number of para-hydroxylation sites is 2. The summed E-state index contributed by atoms with van der Waals surface area (Å²) < 4.78 is 8.77. The van der Waals surface area contributed by atoms with Crippen LogP contribution in [0.1, 0.15) is 5.69 Å². The van der Waals surface area contributed by atoms with E-state index in [0.29, 0.717) is 18.9 Å². The van der Waals surface area contributed by atoms with Crippen LogP contribution >= 0.6 is 0 Å². The van der Waals surface area contributed by atoms with E-state index in [-0.39, 0.29) is 5.56 Å². The summed E-state index contributed by atoms with van der Waals surface area (Å²) >= 11 is 0. The van der Waals surface area contributed by atoms with E-state index >= 15 is 0 Å². The number of aromatic nitrogens is 3. The van der Waals surface area contributed by atoms with Crippen LogP contribution in [0.2, 0.25) is 0 Å². The van der Waals surface area contributed by atoms with Crippen molar-refractivity contribution < 1.29 is 4.74 Å². The predicted molar refractivity (Wildman–Crippen MR) is 73.6 cm³/mol. The van der Waals surface area contributed by atoms with Gasteiger partial charge in [0.15, 0.2) is 0 Å². The minimum Gasteiger partial charge on any atom is -0.383 e. The van der Waals surface area contributed by atoms with Crippen LogP contribution in [0.25, 0.3) is 16.8 Å². The highest BCUT2D eigenvalue weighted by Crippen LogP contribution is 2.15. The first kappa shape index (κ1) is 11.9. The molecule has 0 fully saturated rings. The molecule has 0 bridgehead atoms. The van der Waals surface area contributed by atoms with Gasteiger partial charge in [0.1, 0.15) is 0 Å². The molecule has 0 saturated carbocycles. The van der Waals surface area contributed by atoms with Crippen LogP contribution in [-0.4, -0.2) is 27.7 Å². The monoisotopic (exact) mass is 257 g/mol. The standard InChI is InChI=1S/C14H15N3O2/c1-10-9-13(18)17-12-6-4-3-5-11(12)15-14(17)16(10)7-8-19-2/h3-6,9H,7-8H2,1-2H3. The zero-order chi connectivity index (χ0) is 13.4. The highest BCUT2D eigenvalue weighted by molar-refractivity contribution is 5.79. The Morgan fingerprint density at radius 1 is 1.32 bits per heavy atom. The SMILES string of the molecule is COCCn1c(C)cc(=O)n2c3ccccc3nc12. The van der Waals surface area contributed by atoms with Gasteiger partial charge in [-0.05, 0) is 19.1 Å². The van der Waals surface area contributed by atoms with Crippen LogP contribution in [-0.2, 0) is 11.3 Å². The predicted octanol–water partition coefficient (Wildman–Crippen LogP) is 1.60. The van der Waals surface area contributed by atoms with Gasteiger partial charge in [0.25, 0.3) is 5.56 Å². The number of nitrogens with zero attached hydrogens (tertiary/aromatic N) is 3. The van der Waals surface area contributed by atoms with E-state index in [9.17, 15) is 4.79 Å². The fraction of sp³-hybridized carbons (Fsp3) is 0.286. The van der Waals surface area contributed by atoms with E-state index < -0.39 is 0 Å². The molecule has 2 aromatic heterocycles. The average Bonchev–Trinajstić information content (AvgIpc) is 2.78. The Balaban J connectivity index is 2.40. The van der Waals surface area contributed by atoms with Crippen LogP contribution in [0.5, 0.6) is 0 Å². The Morgan fingerprint density at radius 2 is 2.11 bits per heavy atom. The Hall–Kier alpha value is -2.14. The number of hydrogen-bond donors (Lipinski definition) is 0. The van der Waals surface area contributed by atoms with Crippen molar-refractivity contribution in [3.05, 3.63) is 46.4 Å². The molecule has 0 spiro atoms. The maximum Gasteiger partial charge on any atom is 0.259 e. The number of ether oxygens (including phenoxy) is 1. The Morgan fingerprint density at radius 3 is 2.89 bits per heavy atom. The second-order valence-electron chi connectivity index (χ2n) is 4.50. The molecule has 98 valence electrons. The lowest BCUT2D eigenvalue weighted by molar-refractivity contribution is 0.187.